The summed E-state index contributed by atoms with van der Waals surface area (Å²) < 4.78 is 32.5. The van der Waals surface area contributed by atoms with Crippen molar-refractivity contribution in [2.24, 2.45) is 0 Å². The van der Waals surface area contributed by atoms with Gasteiger partial charge >= 0.3 is 5.97 Å². The van der Waals surface area contributed by atoms with E-state index in [-0.39, 0.29) is 35.2 Å². The predicted molar refractivity (Wildman–Crippen MR) is 156 cm³/mol. The third kappa shape index (κ3) is 9.07. The third-order valence-corrected chi connectivity index (χ3v) is 7.44. The first-order chi connectivity index (χ1) is 20.7. The minimum atomic E-state index is -4.19. The van der Waals surface area contributed by atoms with E-state index in [0.717, 1.165) is 17.3 Å². The maximum atomic E-state index is 12.7. The quantitative estimate of drug-likeness (QED) is 0.209. The highest BCUT2D eigenvalue weighted by Crippen LogP contribution is 2.12. The number of ether oxygens (including phenoxy) is 1. The van der Waals surface area contributed by atoms with E-state index in [1.54, 1.807) is 48.5 Å². The number of carbonyl (C=O) groups excluding carboxylic acids is 4. The first-order valence-corrected chi connectivity index (χ1v) is 14.6. The molecule has 220 valence electrons. The summed E-state index contributed by atoms with van der Waals surface area (Å²) in [5.41, 5.74) is 1.97. The van der Waals surface area contributed by atoms with Crippen molar-refractivity contribution in [3.05, 3.63) is 131 Å². The van der Waals surface area contributed by atoms with Crippen LogP contribution in [0.25, 0.3) is 0 Å². The molecule has 0 aliphatic carbocycles. The number of hydrogen-bond acceptors (Lipinski definition) is 8. The number of sulfonamides is 1. The molecule has 0 saturated carbocycles. The number of carbonyl (C=O) groups is 4. The standard InChI is InChI=1S/C31H28N4O7S/c36-28(42-21-23-7-3-1-4-8-23)20-34-31(39)27-16-13-25(19-33-27)30(38)35-43(40,41)26-14-11-22(12-15-26)17-18-32-29(37)24-9-5-2-6-10-24/h1-16,19H,17-18,20-21H2,(H,32,37)(H,34,39)(H,35,38). The normalized spacial score (nSPS) is 10.8. The van der Waals surface area contributed by atoms with E-state index in [2.05, 4.69) is 15.6 Å². The number of pyridine rings is 1. The van der Waals surface area contributed by atoms with Crippen LogP contribution >= 0.6 is 0 Å². The molecule has 3 amide bonds. The van der Waals surface area contributed by atoms with Crippen LogP contribution < -0.4 is 15.4 Å². The SMILES string of the molecule is O=C(CNC(=O)c1ccc(C(=O)NS(=O)(=O)c2ccc(CCNC(=O)c3ccccc3)cc2)cn1)OCc1ccccc1. The zero-order chi connectivity index (χ0) is 30.7. The highest BCUT2D eigenvalue weighted by molar-refractivity contribution is 7.90. The number of hydrogen-bond donors (Lipinski definition) is 3. The summed E-state index contributed by atoms with van der Waals surface area (Å²) in [7, 11) is -4.19. The molecule has 0 bridgehead atoms. The maximum Gasteiger partial charge on any atom is 0.325 e. The number of rotatable bonds is 12. The van der Waals surface area contributed by atoms with Gasteiger partial charge in [-0.15, -0.1) is 0 Å². The van der Waals surface area contributed by atoms with Gasteiger partial charge in [-0.25, -0.2) is 13.1 Å². The van der Waals surface area contributed by atoms with Gasteiger partial charge in [0.15, 0.2) is 0 Å². The summed E-state index contributed by atoms with van der Waals surface area (Å²) in [5.74, 6) is -2.45. The second-order valence-electron chi connectivity index (χ2n) is 9.21. The Bertz CT molecular complexity index is 1680. The van der Waals surface area contributed by atoms with Gasteiger partial charge in [0.05, 0.1) is 10.5 Å². The van der Waals surface area contributed by atoms with E-state index in [1.807, 2.05) is 29.0 Å². The molecule has 3 aromatic carbocycles. The van der Waals surface area contributed by atoms with Gasteiger partial charge in [0, 0.05) is 18.3 Å². The molecule has 1 aromatic heterocycles. The molecule has 0 saturated heterocycles. The fraction of sp³-hybridized carbons (Fsp3) is 0.129. The first kappa shape index (κ1) is 30.6. The lowest BCUT2D eigenvalue weighted by atomic mass is 10.1. The molecule has 4 rings (SSSR count). The minimum Gasteiger partial charge on any atom is -0.460 e. The Balaban J connectivity index is 1.23. The van der Waals surface area contributed by atoms with Gasteiger partial charge in [-0.05, 0) is 53.9 Å². The lowest BCUT2D eigenvalue weighted by Crippen LogP contribution is -2.32. The van der Waals surface area contributed by atoms with Crippen LogP contribution in [0, 0.1) is 0 Å². The van der Waals surface area contributed by atoms with Crippen LogP contribution in [0.2, 0.25) is 0 Å². The summed E-state index contributed by atoms with van der Waals surface area (Å²) in [6, 6.07) is 26.2. The summed E-state index contributed by atoms with van der Waals surface area (Å²) >= 11 is 0. The van der Waals surface area contributed by atoms with E-state index in [0.29, 0.717) is 18.5 Å². The molecule has 0 spiro atoms. The van der Waals surface area contributed by atoms with Crippen LogP contribution in [0.4, 0.5) is 0 Å². The Morgan fingerprint density at radius 2 is 1.35 bits per heavy atom. The Labute approximate surface area is 248 Å². The molecular weight excluding hydrogens is 572 g/mol. The minimum absolute atomic E-state index is 0.0689. The smallest absolute Gasteiger partial charge is 0.325 e. The molecule has 12 heteroatoms. The van der Waals surface area contributed by atoms with Crippen LogP contribution in [0.3, 0.4) is 0 Å². The van der Waals surface area contributed by atoms with Crippen LogP contribution in [-0.2, 0) is 32.6 Å². The molecule has 11 nitrogen and oxygen atoms in total. The summed E-state index contributed by atoms with van der Waals surface area (Å²) in [6.07, 6.45) is 1.53. The monoisotopic (exact) mass is 600 g/mol. The number of benzene rings is 3. The fourth-order valence-corrected chi connectivity index (χ4v) is 4.76. The molecular formula is C31H28N4O7S. The molecule has 0 unspecified atom stereocenters. The van der Waals surface area contributed by atoms with E-state index < -0.39 is 27.8 Å². The Morgan fingerprint density at radius 1 is 0.674 bits per heavy atom. The Kier molecular flexibility index (Phi) is 10.3. The molecule has 43 heavy (non-hydrogen) atoms. The van der Waals surface area contributed by atoms with Crippen molar-refractivity contribution in [3.8, 4) is 0 Å². The highest BCUT2D eigenvalue weighted by Gasteiger charge is 2.20. The van der Waals surface area contributed by atoms with Crippen molar-refractivity contribution in [2.75, 3.05) is 13.1 Å². The highest BCUT2D eigenvalue weighted by atomic mass is 32.2. The van der Waals surface area contributed by atoms with Gasteiger partial charge in [-0.2, -0.15) is 0 Å². The van der Waals surface area contributed by atoms with Crippen LogP contribution in [0.1, 0.15) is 42.3 Å². The fourth-order valence-electron chi connectivity index (χ4n) is 3.78. The lowest BCUT2D eigenvalue weighted by Gasteiger charge is -2.09. The van der Waals surface area contributed by atoms with Crippen molar-refractivity contribution < 1.29 is 32.3 Å². The lowest BCUT2D eigenvalue weighted by molar-refractivity contribution is -0.143. The predicted octanol–water partition coefficient (Wildman–Crippen LogP) is 2.65. The summed E-state index contributed by atoms with van der Waals surface area (Å²) in [6.45, 7) is 0.0460. The zero-order valence-electron chi connectivity index (χ0n) is 22.9. The van der Waals surface area contributed by atoms with E-state index in [1.165, 1.54) is 24.3 Å². The van der Waals surface area contributed by atoms with Crippen molar-refractivity contribution in [1.82, 2.24) is 20.3 Å². The molecule has 3 N–H and O–H groups in total. The largest absolute Gasteiger partial charge is 0.460 e. The van der Waals surface area contributed by atoms with Gasteiger partial charge in [-0.3, -0.25) is 24.2 Å². The first-order valence-electron chi connectivity index (χ1n) is 13.1. The number of esters is 1. The molecule has 0 aliphatic rings. The average Bonchev–Trinajstić information content (AvgIpc) is 3.03. The van der Waals surface area contributed by atoms with E-state index >= 15 is 0 Å². The Hall–Kier alpha value is -5.36. The molecule has 4 aromatic rings. The van der Waals surface area contributed by atoms with Gasteiger partial charge in [0.25, 0.3) is 27.7 Å². The summed E-state index contributed by atoms with van der Waals surface area (Å²) in [5, 5.41) is 5.18. The van der Waals surface area contributed by atoms with Gasteiger partial charge in [0.2, 0.25) is 0 Å². The molecule has 0 radical (unpaired) electrons. The van der Waals surface area contributed by atoms with Crippen LogP contribution in [0.15, 0.2) is 108 Å². The zero-order valence-corrected chi connectivity index (χ0v) is 23.7. The topological polar surface area (TPSA) is 161 Å². The molecule has 0 aliphatic heterocycles. The van der Waals surface area contributed by atoms with Crippen molar-refractivity contribution in [3.63, 3.8) is 0 Å². The number of nitrogens with one attached hydrogen (secondary N) is 3. The number of amides is 3. The molecule has 0 atom stereocenters. The van der Waals surface area contributed by atoms with Gasteiger partial charge < -0.3 is 15.4 Å². The van der Waals surface area contributed by atoms with Crippen LogP contribution in [0.5, 0.6) is 0 Å². The molecule has 0 fully saturated rings. The number of aromatic nitrogens is 1. The van der Waals surface area contributed by atoms with E-state index in [9.17, 15) is 27.6 Å². The average molecular weight is 601 g/mol. The van der Waals surface area contributed by atoms with Gasteiger partial charge in [-0.1, -0.05) is 60.7 Å². The number of nitrogens with zero attached hydrogens (tertiary/aromatic N) is 1. The molecule has 1 heterocycles. The Morgan fingerprint density at radius 3 is 2.00 bits per heavy atom. The maximum absolute atomic E-state index is 12.7. The summed E-state index contributed by atoms with van der Waals surface area (Å²) in [4.78, 5) is 52.7. The second kappa shape index (κ2) is 14.5. The van der Waals surface area contributed by atoms with Crippen LogP contribution in [-0.4, -0.2) is 50.2 Å². The second-order valence-corrected chi connectivity index (χ2v) is 10.9. The third-order valence-electron chi connectivity index (χ3n) is 6.09. The van der Waals surface area contributed by atoms with Crippen molar-refractivity contribution >= 4 is 33.7 Å². The van der Waals surface area contributed by atoms with E-state index in [4.69, 9.17) is 4.74 Å². The van der Waals surface area contributed by atoms with Crippen molar-refractivity contribution in [2.45, 2.75) is 17.9 Å². The van der Waals surface area contributed by atoms with Gasteiger partial charge in [0.1, 0.15) is 18.8 Å². The van der Waals surface area contributed by atoms with Crippen molar-refractivity contribution in [1.29, 1.82) is 0 Å².